The van der Waals surface area contributed by atoms with E-state index in [1.807, 2.05) is 6.33 Å². The van der Waals surface area contributed by atoms with E-state index in [1.54, 1.807) is 0 Å². The van der Waals surface area contributed by atoms with Gasteiger partial charge in [-0.2, -0.15) is 0 Å². The van der Waals surface area contributed by atoms with Gasteiger partial charge in [-0.25, -0.2) is 0 Å². The molecule has 1 aromatic heterocycles. The lowest BCUT2D eigenvalue weighted by molar-refractivity contribution is 0.362. The zero-order valence-corrected chi connectivity index (χ0v) is 9.45. The Hall–Kier alpha value is -0.900. The van der Waals surface area contributed by atoms with Crippen LogP contribution < -0.4 is 5.32 Å². The van der Waals surface area contributed by atoms with E-state index in [0.717, 1.165) is 25.3 Å². The van der Waals surface area contributed by atoms with Crippen LogP contribution in [0, 0.1) is 0 Å². The van der Waals surface area contributed by atoms with Crippen molar-refractivity contribution in [3.05, 3.63) is 12.2 Å². The Morgan fingerprint density at radius 3 is 3.27 bits per heavy atom. The molecule has 0 amide bonds. The molecule has 0 bridgehead atoms. The Morgan fingerprint density at radius 1 is 1.60 bits per heavy atom. The summed E-state index contributed by atoms with van der Waals surface area (Å²) >= 11 is 0. The Morgan fingerprint density at radius 2 is 2.53 bits per heavy atom. The van der Waals surface area contributed by atoms with Gasteiger partial charge in [0.25, 0.3) is 0 Å². The second-order valence-corrected chi connectivity index (χ2v) is 4.26. The molecule has 0 spiro atoms. The van der Waals surface area contributed by atoms with Crippen LogP contribution in [0.4, 0.5) is 0 Å². The Kier molecular flexibility index (Phi) is 3.72. The normalized spacial score (nSPS) is 21.8. The molecule has 2 heterocycles. The molecule has 1 N–H and O–H groups in total. The quantitative estimate of drug-likeness (QED) is 0.816. The molecular weight excluding hydrogens is 188 g/mol. The Labute approximate surface area is 91.1 Å². The summed E-state index contributed by atoms with van der Waals surface area (Å²) in [6.45, 7) is 4.43. The van der Waals surface area contributed by atoms with Crippen LogP contribution in [-0.4, -0.2) is 27.9 Å². The third-order valence-corrected chi connectivity index (χ3v) is 3.07. The summed E-state index contributed by atoms with van der Waals surface area (Å²) in [5.74, 6) is 1.16. The van der Waals surface area contributed by atoms with Crippen LogP contribution in [0.25, 0.3) is 0 Å². The van der Waals surface area contributed by atoms with Crippen molar-refractivity contribution in [3.8, 4) is 0 Å². The topological polar surface area (TPSA) is 42.7 Å². The molecule has 4 nitrogen and oxygen atoms in total. The minimum absolute atomic E-state index is 0.570. The number of nitrogens with one attached hydrogen (secondary N) is 1. The van der Waals surface area contributed by atoms with Crippen LogP contribution in [0.1, 0.15) is 44.5 Å². The molecule has 0 radical (unpaired) electrons. The highest BCUT2D eigenvalue weighted by atomic mass is 15.3. The molecule has 4 heteroatoms. The third-order valence-electron chi connectivity index (χ3n) is 3.07. The third kappa shape index (κ3) is 2.56. The summed E-state index contributed by atoms with van der Waals surface area (Å²) in [7, 11) is 0. The number of hydrogen-bond acceptors (Lipinski definition) is 3. The number of unbranched alkanes of at least 4 members (excludes halogenated alkanes) is 1. The maximum Gasteiger partial charge on any atom is 0.133 e. The van der Waals surface area contributed by atoms with Crippen LogP contribution in [-0.2, 0) is 6.42 Å². The molecule has 1 aliphatic rings. The lowest BCUT2D eigenvalue weighted by Crippen LogP contribution is -2.32. The van der Waals surface area contributed by atoms with Gasteiger partial charge in [0.1, 0.15) is 12.2 Å². The molecular formula is C11H20N4. The molecule has 1 unspecified atom stereocenters. The summed E-state index contributed by atoms with van der Waals surface area (Å²) in [6.07, 6.45) is 7.89. The second kappa shape index (κ2) is 5.26. The van der Waals surface area contributed by atoms with E-state index in [0.29, 0.717) is 6.04 Å². The van der Waals surface area contributed by atoms with Crippen molar-refractivity contribution < 1.29 is 0 Å². The fourth-order valence-corrected chi connectivity index (χ4v) is 2.16. The lowest BCUT2D eigenvalue weighted by atomic mass is 10.1. The molecule has 0 saturated carbocycles. The summed E-state index contributed by atoms with van der Waals surface area (Å²) < 4.78 is 2.27. The fraction of sp³-hybridized carbons (Fsp3) is 0.818. The maximum atomic E-state index is 4.21. The van der Waals surface area contributed by atoms with E-state index in [-0.39, 0.29) is 0 Å². The van der Waals surface area contributed by atoms with E-state index in [1.165, 1.54) is 25.7 Å². The molecule has 1 aliphatic heterocycles. The van der Waals surface area contributed by atoms with Crippen LogP contribution in [0.15, 0.2) is 6.33 Å². The van der Waals surface area contributed by atoms with Gasteiger partial charge in [0.15, 0.2) is 0 Å². The lowest BCUT2D eigenvalue weighted by Gasteiger charge is -2.24. The van der Waals surface area contributed by atoms with Gasteiger partial charge < -0.3 is 9.88 Å². The fourth-order valence-electron chi connectivity index (χ4n) is 2.16. The molecule has 1 aromatic rings. The first-order chi connectivity index (χ1) is 7.42. The summed E-state index contributed by atoms with van der Waals surface area (Å²) in [4.78, 5) is 0. The first kappa shape index (κ1) is 10.6. The van der Waals surface area contributed by atoms with Gasteiger partial charge in [-0.15, -0.1) is 10.2 Å². The van der Waals surface area contributed by atoms with Gasteiger partial charge in [0.2, 0.25) is 0 Å². The van der Waals surface area contributed by atoms with Crippen LogP contribution >= 0.6 is 0 Å². The highest BCUT2D eigenvalue weighted by molar-refractivity contribution is 4.91. The number of rotatable bonds is 4. The number of nitrogens with zero attached hydrogens (tertiary/aromatic N) is 3. The van der Waals surface area contributed by atoms with Crippen molar-refractivity contribution in [1.29, 1.82) is 0 Å². The number of aryl methyl sites for hydroxylation is 1. The van der Waals surface area contributed by atoms with Gasteiger partial charge in [0, 0.05) is 19.0 Å². The summed E-state index contributed by atoms with van der Waals surface area (Å²) in [6, 6.07) is 0.570. The van der Waals surface area contributed by atoms with Gasteiger partial charge in [-0.3, -0.25) is 0 Å². The first-order valence-electron chi connectivity index (χ1n) is 6.01. The minimum atomic E-state index is 0.570. The average Bonchev–Trinajstić information content (AvgIpc) is 2.75. The first-order valence-corrected chi connectivity index (χ1v) is 6.01. The predicted molar refractivity (Wildman–Crippen MR) is 59.8 cm³/mol. The van der Waals surface area contributed by atoms with Crippen molar-refractivity contribution in [2.75, 3.05) is 13.1 Å². The molecule has 15 heavy (non-hydrogen) atoms. The van der Waals surface area contributed by atoms with Crippen LogP contribution in [0.2, 0.25) is 0 Å². The van der Waals surface area contributed by atoms with Crippen molar-refractivity contribution in [2.24, 2.45) is 0 Å². The van der Waals surface area contributed by atoms with Crippen molar-refractivity contribution >= 4 is 0 Å². The largest absolute Gasteiger partial charge is 0.315 e. The van der Waals surface area contributed by atoms with E-state index in [2.05, 4.69) is 27.0 Å². The standard InChI is InChI=1S/C11H20N4/c1-2-3-6-11-14-13-9-15(11)10-5-4-7-12-8-10/h9-10,12H,2-8H2,1H3. The zero-order valence-electron chi connectivity index (χ0n) is 9.45. The smallest absolute Gasteiger partial charge is 0.133 e. The molecule has 0 aliphatic carbocycles. The maximum absolute atomic E-state index is 4.21. The van der Waals surface area contributed by atoms with Gasteiger partial charge in [-0.1, -0.05) is 13.3 Å². The van der Waals surface area contributed by atoms with Crippen LogP contribution in [0.3, 0.4) is 0 Å². The molecule has 2 rings (SSSR count). The van der Waals surface area contributed by atoms with Gasteiger partial charge in [0.05, 0.1) is 0 Å². The second-order valence-electron chi connectivity index (χ2n) is 4.26. The van der Waals surface area contributed by atoms with Crippen molar-refractivity contribution in [3.63, 3.8) is 0 Å². The summed E-state index contributed by atoms with van der Waals surface area (Å²) in [5, 5.41) is 11.7. The highest BCUT2D eigenvalue weighted by Crippen LogP contribution is 2.18. The van der Waals surface area contributed by atoms with Crippen molar-refractivity contribution in [2.45, 2.75) is 45.1 Å². The molecule has 1 atom stereocenters. The zero-order chi connectivity index (χ0) is 10.5. The average molecular weight is 208 g/mol. The number of aromatic nitrogens is 3. The van der Waals surface area contributed by atoms with Gasteiger partial charge in [-0.05, 0) is 25.8 Å². The summed E-state index contributed by atoms with van der Waals surface area (Å²) in [5.41, 5.74) is 0. The Balaban J connectivity index is 2.02. The van der Waals surface area contributed by atoms with E-state index >= 15 is 0 Å². The van der Waals surface area contributed by atoms with E-state index < -0.39 is 0 Å². The minimum Gasteiger partial charge on any atom is -0.315 e. The van der Waals surface area contributed by atoms with Crippen LogP contribution in [0.5, 0.6) is 0 Å². The van der Waals surface area contributed by atoms with E-state index in [4.69, 9.17) is 0 Å². The van der Waals surface area contributed by atoms with Crippen molar-refractivity contribution in [1.82, 2.24) is 20.1 Å². The highest BCUT2D eigenvalue weighted by Gasteiger charge is 2.17. The molecule has 1 fully saturated rings. The molecule has 0 aromatic carbocycles. The van der Waals surface area contributed by atoms with E-state index in [9.17, 15) is 0 Å². The number of hydrogen-bond donors (Lipinski definition) is 1. The number of piperidine rings is 1. The monoisotopic (exact) mass is 208 g/mol. The molecule has 1 saturated heterocycles. The molecule has 84 valence electrons. The predicted octanol–water partition coefficient (Wildman–Crippen LogP) is 1.55. The Bertz CT molecular complexity index is 289. The SMILES string of the molecule is CCCCc1nncn1C1CCCNC1. The van der Waals surface area contributed by atoms with Gasteiger partial charge >= 0.3 is 0 Å².